The average Bonchev–Trinajstić information content (AvgIpc) is 2.49. The van der Waals surface area contributed by atoms with Crippen LogP contribution in [0.2, 0.25) is 0 Å². The molecule has 0 aromatic rings. The maximum atomic E-state index is 12.2. The zero-order chi connectivity index (χ0) is 13.9. The van der Waals surface area contributed by atoms with Crippen LogP contribution in [0.15, 0.2) is 0 Å². The standard InChI is InChI=1S/C18H31NO/c1-2-14-7-8-18(20)17(11-14)13-19-10-9-15-5-3-4-6-16(15)12-19/h14-17H,2-13H2,1H3. The molecule has 3 aliphatic rings. The molecule has 0 radical (unpaired) electrons. The number of carbonyl (C=O) groups excluding carboxylic acids is 1. The van der Waals surface area contributed by atoms with Crippen LogP contribution < -0.4 is 0 Å². The molecule has 0 N–H and O–H groups in total. The van der Waals surface area contributed by atoms with E-state index in [9.17, 15) is 4.79 Å². The van der Waals surface area contributed by atoms with Gasteiger partial charge in [0, 0.05) is 25.4 Å². The molecule has 3 fully saturated rings. The SMILES string of the molecule is CCC1CCC(=O)C(CN2CCC3CCCCC3C2)C1. The second-order valence-corrected chi connectivity index (χ2v) is 7.56. The number of ketones is 1. The van der Waals surface area contributed by atoms with Crippen LogP contribution in [0.3, 0.4) is 0 Å². The highest BCUT2D eigenvalue weighted by Gasteiger charge is 2.34. The third kappa shape index (κ3) is 3.27. The summed E-state index contributed by atoms with van der Waals surface area (Å²) in [5.41, 5.74) is 0. The van der Waals surface area contributed by atoms with E-state index in [1.165, 1.54) is 58.0 Å². The average molecular weight is 277 g/mol. The van der Waals surface area contributed by atoms with Crippen molar-refractivity contribution in [1.82, 2.24) is 4.90 Å². The minimum absolute atomic E-state index is 0.355. The van der Waals surface area contributed by atoms with Gasteiger partial charge in [-0.15, -0.1) is 0 Å². The molecule has 0 spiro atoms. The first-order chi connectivity index (χ1) is 9.76. The molecule has 2 heteroatoms. The Labute approximate surface area is 124 Å². The van der Waals surface area contributed by atoms with E-state index in [0.29, 0.717) is 11.7 Å². The van der Waals surface area contributed by atoms with Gasteiger partial charge in [-0.05, 0) is 50.0 Å². The zero-order valence-corrected chi connectivity index (χ0v) is 13.2. The van der Waals surface area contributed by atoms with E-state index in [0.717, 1.165) is 37.1 Å². The minimum Gasteiger partial charge on any atom is -0.302 e. The molecule has 0 aromatic carbocycles. The lowest BCUT2D eigenvalue weighted by atomic mass is 9.74. The number of nitrogens with zero attached hydrogens (tertiary/aromatic N) is 1. The Bertz CT molecular complexity index is 340. The zero-order valence-electron chi connectivity index (χ0n) is 13.2. The summed E-state index contributed by atoms with van der Waals surface area (Å²) in [5, 5.41) is 0. The number of carbonyl (C=O) groups is 1. The van der Waals surface area contributed by atoms with Gasteiger partial charge in [-0.3, -0.25) is 4.79 Å². The lowest BCUT2D eigenvalue weighted by Crippen LogP contribution is -2.45. The molecule has 0 aromatic heterocycles. The van der Waals surface area contributed by atoms with Crippen molar-refractivity contribution < 1.29 is 4.79 Å². The van der Waals surface area contributed by atoms with Gasteiger partial charge in [-0.2, -0.15) is 0 Å². The summed E-state index contributed by atoms with van der Waals surface area (Å²) in [7, 11) is 0. The predicted molar refractivity (Wildman–Crippen MR) is 82.6 cm³/mol. The van der Waals surface area contributed by atoms with Crippen LogP contribution in [0.1, 0.15) is 64.7 Å². The van der Waals surface area contributed by atoms with Crippen molar-refractivity contribution in [3.05, 3.63) is 0 Å². The predicted octanol–water partition coefficient (Wildman–Crippen LogP) is 3.89. The highest BCUT2D eigenvalue weighted by atomic mass is 16.1. The molecule has 1 heterocycles. The normalized spacial score (nSPS) is 39.5. The van der Waals surface area contributed by atoms with Gasteiger partial charge in [-0.1, -0.05) is 32.6 Å². The largest absolute Gasteiger partial charge is 0.302 e. The minimum atomic E-state index is 0.355. The highest BCUT2D eigenvalue weighted by molar-refractivity contribution is 5.81. The van der Waals surface area contributed by atoms with Crippen molar-refractivity contribution in [3.8, 4) is 0 Å². The molecular weight excluding hydrogens is 246 g/mol. The summed E-state index contributed by atoms with van der Waals surface area (Å²) in [6, 6.07) is 0. The Hall–Kier alpha value is -0.370. The van der Waals surface area contributed by atoms with E-state index in [4.69, 9.17) is 0 Å². The fraction of sp³-hybridized carbons (Fsp3) is 0.944. The molecule has 2 aliphatic carbocycles. The summed E-state index contributed by atoms with van der Waals surface area (Å²) >= 11 is 0. The quantitative estimate of drug-likeness (QED) is 0.780. The van der Waals surface area contributed by atoms with Crippen molar-refractivity contribution in [1.29, 1.82) is 0 Å². The maximum absolute atomic E-state index is 12.2. The van der Waals surface area contributed by atoms with E-state index in [1.807, 2.05) is 0 Å². The lowest BCUT2D eigenvalue weighted by Gasteiger charge is -2.43. The van der Waals surface area contributed by atoms with E-state index in [1.54, 1.807) is 0 Å². The van der Waals surface area contributed by atoms with E-state index >= 15 is 0 Å². The molecule has 1 saturated heterocycles. The Morgan fingerprint density at radius 2 is 1.90 bits per heavy atom. The van der Waals surface area contributed by atoms with Crippen molar-refractivity contribution in [2.24, 2.45) is 23.7 Å². The van der Waals surface area contributed by atoms with Crippen LogP contribution in [-0.4, -0.2) is 30.3 Å². The van der Waals surface area contributed by atoms with E-state index in [-0.39, 0.29) is 0 Å². The number of hydrogen-bond donors (Lipinski definition) is 0. The second kappa shape index (κ2) is 6.60. The Balaban J connectivity index is 1.53. The first kappa shape index (κ1) is 14.6. The van der Waals surface area contributed by atoms with Gasteiger partial charge < -0.3 is 4.90 Å². The van der Waals surface area contributed by atoms with Crippen LogP contribution in [-0.2, 0) is 4.79 Å². The third-order valence-electron chi connectivity index (χ3n) is 6.30. The van der Waals surface area contributed by atoms with E-state index in [2.05, 4.69) is 11.8 Å². The van der Waals surface area contributed by atoms with Crippen LogP contribution in [0.5, 0.6) is 0 Å². The van der Waals surface area contributed by atoms with Crippen LogP contribution in [0, 0.1) is 23.7 Å². The van der Waals surface area contributed by atoms with Crippen molar-refractivity contribution in [3.63, 3.8) is 0 Å². The molecule has 2 saturated carbocycles. The fourth-order valence-corrected chi connectivity index (χ4v) is 4.90. The summed E-state index contributed by atoms with van der Waals surface area (Å²) < 4.78 is 0. The summed E-state index contributed by atoms with van der Waals surface area (Å²) in [6.45, 7) is 5.89. The van der Waals surface area contributed by atoms with Gasteiger partial charge >= 0.3 is 0 Å². The number of piperidine rings is 1. The molecule has 114 valence electrons. The number of likely N-dealkylation sites (tertiary alicyclic amines) is 1. The van der Waals surface area contributed by atoms with E-state index < -0.39 is 0 Å². The molecule has 4 atom stereocenters. The van der Waals surface area contributed by atoms with Gasteiger partial charge in [0.05, 0.1) is 0 Å². The van der Waals surface area contributed by atoms with Crippen molar-refractivity contribution in [2.45, 2.75) is 64.7 Å². The first-order valence-electron chi connectivity index (χ1n) is 9.01. The molecule has 0 amide bonds. The molecule has 4 unspecified atom stereocenters. The highest BCUT2D eigenvalue weighted by Crippen LogP contribution is 2.37. The smallest absolute Gasteiger partial charge is 0.137 e. The number of fused-ring (bicyclic) bond motifs is 1. The number of hydrogen-bond acceptors (Lipinski definition) is 2. The van der Waals surface area contributed by atoms with Gasteiger partial charge in [0.2, 0.25) is 0 Å². The third-order valence-corrected chi connectivity index (χ3v) is 6.30. The molecule has 2 nitrogen and oxygen atoms in total. The van der Waals surface area contributed by atoms with Gasteiger partial charge in [-0.25, -0.2) is 0 Å². The summed E-state index contributed by atoms with van der Waals surface area (Å²) in [6.07, 6.45) is 11.6. The Morgan fingerprint density at radius 3 is 2.70 bits per heavy atom. The Morgan fingerprint density at radius 1 is 1.10 bits per heavy atom. The van der Waals surface area contributed by atoms with Gasteiger partial charge in [0.1, 0.15) is 5.78 Å². The van der Waals surface area contributed by atoms with Crippen molar-refractivity contribution >= 4 is 5.78 Å². The summed E-state index contributed by atoms with van der Waals surface area (Å²) in [5.74, 6) is 3.67. The first-order valence-corrected chi connectivity index (χ1v) is 9.01. The maximum Gasteiger partial charge on any atom is 0.137 e. The molecule has 3 rings (SSSR count). The molecule has 0 bridgehead atoms. The second-order valence-electron chi connectivity index (χ2n) is 7.56. The lowest BCUT2D eigenvalue weighted by molar-refractivity contribution is -0.126. The van der Waals surface area contributed by atoms with Crippen LogP contribution in [0.25, 0.3) is 0 Å². The van der Waals surface area contributed by atoms with Crippen molar-refractivity contribution in [2.75, 3.05) is 19.6 Å². The molecule has 20 heavy (non-hydrogen) atoms. The monoisotopic (exact) mass is 277 g/mol. The van der Waals surface area contributed by atoms with Crippen LogP contribution in [0.4, 0.5) is 0 Å². The fourth-order valence-electron chi connectivity index (χ4n) is 4.90. The summed E-state index contributed by atoms with van der Waals surface area (Å²) in [4.78, 5) is 14.8. The number of Topliss-reactive ketones (excluding diaryl/α,β-unsaturated/α-hetero) is 1. The van der Waals surface area contributed by atoms with Crippen LogP contribution >= 0.6 is 0 Å². The topological polar surface area (TPSA) is 20.3 Å². The van der Waals surface area contributed by atoms with Gasteiger partial charge in [0.15, 0.2) is 0 Å². The number of rotatable bonds is 3. The Kier molecular flexibility index (Phi) is 4.80. The van der Waals surface area contributed by atoms with Gasteiger partial charge in [0.25, 0.3) is 0 Å². The molecule has 1 aliphatic heterocycles. The molecular formula is C18H31NO.